The standard InChI is InChI=1S/C26H26FN3O6S/c1-35-24-14-21(37(33,34)30-20-15-36-16-20)11-12-22(24)28-26(32)23(13-17-5-3-2-4-6-17)29-25(31)18-7-9-19(27)10-8-18/h2-12,14,20,23,30H,13,15-16H2,1H3,(H,28,32)(H,29,31)/t23-/m0/s1. The fraction of sp³-hybridized carbons (Fsp3) is 0.231. The third-order valence-electron chi connectivity index (χ3n) is 5.71. The summed E-state index contributed by atoms with van der Waals surface area (Å²) in [7, 11) is -2.46. The van der Waals surface area contributed by atoms with Crippen LogP contribution in [0.25, 0.3) is 0 Å². The zero-order valence-corrected chi connectivity index (χ0v) is 20.8. The number of nitrogens with one attached hydrogen (secondary N) is 3. The molecule has 3 aromatic rings. The fourth-order valence-electron chi connectivity index (χ4n) is 3.65. The van der Waals surface area contributed by atoms with Gasteiger partial charge in [-0.3, -0.25) is 9.59 Å². The van der Waals surface area contributed by atoms with E-state index in [1.807, 2.05) is 30.3 Å². The summed E-state index contributed by atoms with van der Waals surface area (Å²) in [5.41, 5.74) is 1.23. The molecule has 3 N–H and O–H groups in total. The zero-order chi connectivity index (χ0) is 26.4. The lowest BCUT2D eigenvalue weighted by Crippen LogP contribution is -2.48. The monoisotopic (exact) mass is 527 g/mol. The zero-order valence-electron chi connectivity index (χ0n) is 19.9. The molecule has 1 aliphatic heterocycles. The Morgan fingerprint density at radius 3 is 2.38 bits per heavy atom. The van der Waals surface area contributed by atoms with Gasteiger partial charge in [0, 0.05) is 18.1 Å². The molecule has 0 bridgehead atoms. The lowest BCUT2D eigenvalue weighted by molar-refractivity contribution is -0.118. The second-order valence-corrected chi connectivity index (χ2v) is 10.1. The summed E-state index contributed by atoms with van der Waals surface area (Å²) in [6.45, 7) is 0.605. The van der Waals surface area contributed by atoms with E-state index in [9.17, 15) is 22.4 Å². The third kappa shape index (κ3) is 6.70. The van der Waals surface area contributed by atoms with E-state index in [-0.39, 0.29) is 34.4 Å². The number of benzene rings is 3. The summed E-state index contributed by atoms with van der Waals surface area (Å²) in [6.07, 6.45) is 0.182. The van der Waals surface area contributed by atoms with Gasteiger partial charge in [0.2, 0.25) is 15.9 Å². The van der Waals surface area contributed by atoms with Gasteiger partial charge in [0.15, 0.2) is 0 Å². The first-order chi connectivity index (χ1) is 17.7. The van der Waals surface area contributed by atoms with Crippen molar-refractivity contribution in [2.75, 3.05) is 25.6 Å². The van der Waals surface area contributed by atoms with Crippen molar-refractivity contribution in [2.24, 2.45) is 0 Å². The molecule has 1 fully saturated rings. The first kappa shape index (κ1) is 26.3. The van der Waals surface area contributed by atoms with Crippen molar-refractivity contribution < 1.29 is 31.9 Å². The molecule has 1 atom stereocenters. The summed E-state index contributed by atoms with van der Waals surface area (Å²) in [5.74, 6) is -1.44. The number of methoxy groups -OCH3 is 1. The van der Waals surface area contributed by atoms with Gasteiger partial charge >= 0.3 is 0 Å². The van der Waals surface area contributed by atoms with E-state index in [0.717, 1.165) is 17.7 Å². The molecule has 9 nitrogen and oxygen atoms in total. The van der Waals surface area contributed by atoms with Gasteiger partial charge in [0.1, 0.15) is 17.6 Å². The highest BCUT2D eigenvalue weighted by molar-refractivity contribution is 7.89. The summed E-state index contributed by atoms with van der Waals surface area (Å²) >= 11 is 0. The summed E-state index contributed by atoms with van der Waals surface area (Å²) in [6, 6.07) is 16.9. The Bertz CT molecular complexity index is 1360. The predicted molar refractivity (Wildman–Crippen MR) is 134 cm³/mol. The maximum absolute atomic E-state index is 13.3. The van der Waals surface area contributed by atoms with Crippen LogP contribution < -0.4 is 20.1 Å². The molecule has 1 saturated heterocycles. The van der Waals surface area contributed by atoms with Crippen molar-refractivity contribution in [2.45, 2.75) is 23.4 Å². The van der Waals surface area contributed by atoms with Crippen LogP contribution in [-0.4, -0.2) is 52.6 Å². The van der Waals surface area contributed by atoms with Crippen molar-refractivity contribution in [3.63, 3.8) is 0 Å². The smallest absolute Gasteiger partial charge is 0.251 e. The van der Waals surface area contributed by atoms with Crippen LogP contribution in [0.1, 0.15) is 15.9 Å². The number of ether oxygens (including phenoxy) is 2. The predicted octanol–water partition coefficient (Wildman–Crippen LogP) is 2.49. The van der Waals surface area contributed by atoms with Gasteiger partial charge in [0.25, 0.3) is 5.91 Å². The molecule has 1 heterocycles. The molecule has 11 heteroatoms. The normalized spacial score (nSPS) is 14.3. The van der Waals surface area contributed by atoms with Crippen LogP contribution in [0.4, 0.5) is 10.1 Å². The van der Waals surface area contributed by atoms with Crippen molar-refractivity contribution in [3.05, 3.63) is 89.7 Å². The van der Waals surface area contributed by atoms with Crippen LogP contribution in [0, 0.1) is 5.82 Å². The van der Waals surface area contributed by atoms with Crippen molar-refractivity contribution >= 4 is 27.5 Å². The van der Waals surface area contributed by atoms with E-state index in [1.54, 1.807) is 0 Å². The van der Waals surface area contributed by atoms with Crippen molar-refractivity contribution in [3.8, 4) is 5.75 Å². The number of rotatable bonds is 10. The van der Waals surface area contributed by atoms with Crippen LogP contribution in [0.15, 0.2) is 77.7 Å². The first-order valence-electron chi connectivity index (χ1n) is 11.4. The second-order valence-electron chi connectivity index (χ2n) is 8.43. The summed E-state index contributed by atoms with van der Waals surface area (Å²) in [4.78, 5) is 26.1. The van der Waals surface area contributed by atoms with Gasteiger partial charge in [-0.2, -0.15) is 0 Å². The summed E-state index contributed by atoms with van der Waals surface area (Å²) < 4.78 is 51.4. The van der Waals surface area contributed by atoms with Crippen molar-refractivity contribution in [1.29, 1.82) is 0 Å². The van der Waals surface area contributed by atoms with Crippen LogP contribution in [0.3, 0.4) is 0 Å². The molecule has 0 unspecified atom stereocenters. The number of halogens is 1. The van der Waals surface area contributed by atoms with Crippen molar-refractivity contribution in [1.82, 2.24) is 10.0 Å². The van der Waals surface area contributed by atoms with E-state index < -0.39 is 33.7 Å². The fourth-order valence-corrected chi connectivity index (χ4v) is 4.88. The van der Waals surface area contributed by atoms with Gasteiger partial charge < -0.3 is 20.1 Å². The molecule has 3 aromatic carbocycles. The van der Waals surface area contributed by atoms with E-state index in [4.69, 9.17) is 9.47 Å². The number of carbonyl (C=O) groups excluding carboxylic acids is 2. The number of amides is 2. The van der Waals surface area contributed by atoms with Crippen LogP contribution in [0.2, 0.25) is 0 Å². The molecular formula is C26H26FN3O6S. The molecule has 0 radical (unpaired) electrons. The molecule has 2 amide bonds. The Kier molecular flexibility index (Phi) is 8.17. The third-order valence-corrected chi connectivity index (χ3v) is 7.23. The molecule has 0 aromatic heterocycles. The Morgan fingerprint density at radius 1 is 1.05 bits per heavy atom. The Labute approximate surface area is 214 Å². The lowest BCUT2D eigenvalue weighted by Gasteiger charge is -2.26. The topological polar surface area (TPSA) is 123 Å². The second kappa shape index (κ2) is 11.5. The minimum absolute atomic E-state index is 0.0281. The maximum Gasteiger partial charge on any atom is 0.251 e. The van der Waals surface area contributed by atoms with Crippen LogP contribution in [0.5, 0.6) is 5.75 Å². The maximum atomic E-state index is 13.3. The molecule has 0 spiro atoms. The molecule has 0 aliphatic carbocycles. The van der Waals surface area contributed by atoms with E-state index in [1.165, 1.54) is 37.4 Å². The minimum Gasteiger partial charge on any atom is -0.495 e. The quantitative estimate of drug-likeness (QED) is 0.372. The average Bonchev–Trinajstić information content (AvgIpc) is 2.87. The average molecular weight is 528 g/mol. The van der Waals surface area contributed by atoms with Crippen LogP contribution >= 0.6 is 0 Å². The lowest BCUT2D eigenvalue weighted by atomic mass is 10.0. The van der Waals surface area contributed by atoms with Gasteiger partial charge in [-0.05, 0) is 42.0 Å². The molecule has 0 saturated carbocycles. The number of carbonyl (C=O) groups is 2. The number of anilines is 1. The molecule has 37 heavy (non-hydrogen) atoms. The highest BCUT2D eigenvalue weighted by atomic mass is 32.2. The van der Waals surface area contributed by atoms with Gasteiger partial charge in [-0.1, -0.05) is 30.3 Å². The van der Waals surface area contributed by atoms with Gasteiger partial charge in [0.05, 0.1) is 36.9 Å². The van der Waals surface area contributed by atoms with E-state index in [2.05, 4.69) is 15.4 Å². The molecule has 1 aliphatic rings. The Hall–Kier alpha value is -3.80. The number of sulfonamides is 1. The van der Waals surface area contributed by atoms with Gasteiger partial charge in [-0.25, -0.2) is 17.5 Å². The SMILES string of the molecule is COc1cc(S(=O)(=O)NC2COC2)ccc1NC(=O)[C@H](Cc1ccccc1)NC(=O)c1ccc(F)cc1. The number of hydrogen-bond donors (Lipinski definition) is 3. The number of hydrogen-bond acceptors (Lipinski definition) is 6. The molecule has 194 valence electrons. The van der Waals surface area contributed by atoms with Crippen LogP contribution in [-0.2, 0) is 26.0 Å². The summed E-state index contributed by atoms with van der Waals surface area (Å²) in [5, 5.41) is 5.41. The molecule has 4 rings (SSSR count). The highest BCUT2D eigenvalue weighted by Gasteiger charge is 2.27. The molecular weight excluding hydrogens is 501 g/mol. The highest BCUT2D eigenvalue weighted by Crippen LogP contribution is 2.28. The first-order valence-corrected chi connectivity index (χ1v) is 12.9. The van der Waals surface area contributed by atoms with Gasteiger partial charge in [-0.15, -0.1) is 0 Å². The van der Waals surface area contributed by atoms with E-state index >= 15 is 0 Å². The minimum atomic E-state index is -3.81. The largest absolute Gasteiger partial charge is 0.495 e. The Morgan fingerprint density at radius 2 is 1.76 bits per heavy atom. The van der Waals surface area contributed by atoms with E-state index in [0.29, 0.717) is 13.2 Å². The Balaban J connectivity index is 1.54.